The van der Waals surface area contributed by atoms with Crippen molar-refractivity contribution >= 4 is 10.1 Å². The van der Waals surface area contributed by atoms with E-state index in [2.05, 4.69) is 9.12 Å². The number of nitrogens with zero attached hydrogens (tertiary/aromatic N) is 1. The second kappa shape index (κ2) is 4.21. The number of alkyl halides is 3. The van der Waals surface area contributed by atoms with Crippen LogP contribution in [0.4, 0.5) is 13.2 Å². The van der Waals surface area contributed by atoms with Crippen molar-refractivity contribution < 1.29 is 30.7 Å². The average Bonchev–Trinajstić information content (AvgIpc) is 2.30. The second-order valence-electron chi connectivity index (χ2n) is 2.35. The van der Waals surface area contributed by atoms with Gasteiger partial charge in [-0.2, -0.15) is 21.6 Å². The molecule has 0 fully saturated rings. The van der Waals surface area contributed by atoms with E-state index >= 15 is 0 Å². The van der Waals surface area contributed by atoms with Crippen LogP contribution in [0.3, 0.4) is 0 Å². The van der Waals surface area contributed by atoms with Crippen molar-refractivity contribution in [2.75, 3.05) is 6.54 Å². The number of allylic oxidation sites excluding steroid dienone is 2. The minimum Gasteiger partial charge on any atom is -0.387 e. The number of hydroxylamine groups is 2. The number of hydrogen-bond donors (Lipinski definition) is 0. The summed E-state index contributed by atoms with van der Waals surface area (Å²) in [4.78, 5) is 4.42. The van der Waals surface area contributed by atoms with Gasteiger partial charge in [-0.25, -0.2) is 0 Å². The molecule has 1 aliphatic heterocycles. The fraction of sp³-hybridized carbons (Fsp3) is 0.333. The van der Waals surface area contributed by atoms with E-state index < -0.39 is 15.6 Å². The lowest BCUT2D eigenvalue weighted by molar-refractivity contribution is -0.280. The average molecular weight is 245 g/mol. The largest absolute Gasteiger partial charge is 0.524 e. The summed E-state index contributed by atoms with van der Waals surface area (Å²) < 4.78 is 60.3. The molecule has 0 aromatic rings. The maximum Gasteiger partial charge on any atom is 0.524 e. The highest BCUT2D eigenvalue weighted by molar-refractivity contribution is 7.87. The van der Waals surface area contributed by atoms with Gasteiger partial charge in [0, 0.05) is 5.23 Å². The lowest BCUT2D eigenvalue weighted by Gasteiger charge is -2.17. The topological polar surface area (TPSA) is 55.8 Å². The van der Waals surface area contributed by atoms with Gasteiger partial charge in [0.1, 0.15) is 6.26 Å². The van der Waals surface area contributed by atoms with Gasteiger partial charge in [-0.15, -0.1) is 4.28 Å². The van der Waals surface area contributed by atoms with Gasteiger partial charge < -0.3 is 4.84 Å². The van der Waals surface area contributed by atoms with Gasteiger partial charge in [0.25, 0.3) is 0 Å². The molecular formula is C6H6F3NO4S. The van der Waals surface area contributed by atoms with E-state index in [1.807, 2.05) is 0 Å². The minimum atomic E-state index is -5.68. The van der Waals surface area contributed by atoms with E-state index in [1.54, 1.807) is 0 Å². The standard InChI is InChI=1S/C6H6F3NO4S/c7-6(8,9)15(11,12)14-10-4-2-1-3-5-13-10/h1-3,5H,4H2. The Hall–Kier alpha value is -1.06. The zero-order chi connectivity index (χ0) is 11.5. The third-order valence-electron chi connectivity index (χ3n) is 1.22. The molecule has 0 radical (unpaired) electrons. The van der Waals surface area contributed by atoms with Crippen LogP contribution >= 0.6 is 0 Å². The third kappa shape index (κ3) is 3.22. The van der Waals surface area contributed by atoms with Gasteiger partial charge in [0.05, 0.1) is 6.54 Å². The summed E-state index contributed by atoms with van der Waals surface area (Å²) in [5.41, 5.74) is -5.48. The fourth-order valence-electron chi connectivity index (χ4n) is 0.617. The quantitative estimate of drug-likeness (QED) is 0.681. The molecule has 0 aromatic carbocycles. The molecule has 0 atom stereocenters. The van der Waals surface area contributed by atoms with Crippen molar-refractivity contribution in [1.29, 1.82) is 0 Å². The number of halogens is 3. The Labute approximate surface area is 83.4 Å². The van der Waals surface area contributed by atoms with Gasteiger partial charge in [0.15, 0.2) is 0 Å². The monoisotopic (exact) mass is 245 g/mol. The summed E-state index contributed by atoms with van der Waals surface area (Å²) >= 11 is 0. The van der Waals surface area contributed by atoms with E-state index in [0.717, 1.165) is 6.26 Å². The van der Waals surface area contributed by atoms with Gasteiger partial charge >= 0.3 is 15.6 Å². The molecular weight excluding hydrogens is 239 g/mol. The van der Waals surface area contributed by atoms with Crippen molar-refractivity contribution in [1.82, 2.24) is 5.23 Å². The van der Waals surface area contributed by atoms with Crippen LogP contribution in [0.25, 0.3) is 0 Å². The molecule has 1 heterocycles. The Morgan fingerprint density at radius 1 is 1.33 bits per heavy atom. The molecule has 0 aliphatic carbocycles. The second-order valence-corrected chi connectivity index (χ2v) is 3.87. The van der Waals surface area contributed by atoms with Gasteiger partial charge in [-0.05, 0) is 6.08 Å². The summed E-state index contributed by atoms with van der Waals surface area (Å²) in [6, 6.07) is 0. The lowest BCUT2D eigenvalue weighted by Crippen LogP contribution is -2.33. The molecule has 1 aliphatic rings. The summed E-state index contributed by atoms with van der Waals surface area (Å²) in [6.07, 6.45) is 5.16. The Kier molecular flexibility index (Phi) is 3.37. The minimum absolute atomic E-state index is 0.197. The van der Waals surface area contributed by atoms with Crippen LogP contribution in [0.2, 0.25) is 0 Å². The first kappa shape index (κ1) is 12.0. The van der Waals surface area contributed by atoms with Crippen LogP contribution in [0, 0.1) is 0 Å². The smallest absolute Gasteiger partial charge is 0.387 e. The van der Waals surface area contributed by atoms with E-state index in [9.17, 15) is 21.6 Å². The lowest BCUT2D eigenvalue weighted by atomic mass is 10.5. The summed E-state index contributed by atoms with van der Waals surface area (Å²) in [5, 5.41) is 0.197. The summed E-state index contributed by atoms with van der Waals surface area (Å²) in [6.45, 7) is -0.248. The van der Waals surface area contributed by atoms with Crippen molar-refractivity contribution in [3.63, 3.8) is 0 Å². The summed E-state index contributed by atoms with van der Waals surface area (Å²) in [5.74, 6) is 0. The predicted octanol–water partition coefficient (Wildman–Crippen LogP) is 1.08. The van der Waals surface area contributed by atoms with Gasteiger partial charge in [-0.1, -0.05) is 12.2 Å². The van der Waals surface area contributed by atoms with Crippen LogP contribution in [0.1, 0.15) is 0 Å². The first-order valence-corrected chi connectivity index (χ1v) is 5.00. The molecule has 0 N–H and O–H groups in total. The zero-order valence-corrected chi connectivity index (χ0v) is 7.96. The van der Waals surface area contributed by atoms with Gasteiger partial charge in [0.2, 0.25) is 0 Å². The highest BCUT2D eigenvalue weighted by Crippen LogP contribution is 2.25. The Balaban J connectivity index is 2.70. The molecule has 1 rings (SSSR count). The van der Waals surface area contributed by atoms with Crippen molar-refractivity contribution in [3.8, 4) is 0 Å². The zero-order valence-electron chi connectivity index (χ0n) is 7.14. The van der Waals surface area contributed by atoms with Crippen LogP contribution in [0.15, 0.2) is 24.5 Å². The molecule has 86 valence electrons. The Morgan fingerprint density at radius 3 is 2.60 bits per heavy atom. The molecule has 15 heavy (non-hydrogen) atoms. The molecule has 0 aromatic heterocycles. The van der Waals surface area contributed by atoms with E-state index in [-0.39, 0.29) is 11.8 Å². The van der Waals surface area contributed by atoms with Crippen molar-refractivity contribution in [2.24, 2.45) is 0 Å². The molecule has 0 spiro atoms. The predicted molar refractivity (Wildman–Crippen MR) is 42.1 cm³/mol. The highest BCUT2D eigenvalue weighted by Gasteiger charge is 2.49. The Morgan fingerprint density at radius 2 is 2.00 bits per heavy atom. The highest BCUT2D eigenvalue weighted by atomic mass is 32.2. The first-order chi connectivity index (χ1) is 6.83. The fourth-order valence-corrected chi connectivity index (χ4v) is 1.02. The van der Waals surface area contributed by atoms with Crippen LogP contribution in [0.5, 0.6) is 0 Å². The Bertz CT molecular complexity index is 358. The van der Waals surface area contributed by atoms with E-state index in [1.165, 1.54) is 18.2 Å². The molecule has 0 saturated carbocycles. The molecule has 9 heteroatoms. The first-order valence-electron chi connectivity index (χ1n) is 3.60. The van der Waals surface area contributed by atoms with Crippen LogP contribution in [-0.2, 0) is 19.2 Å². The molecule has 5 nitrogen and oxygen atoms in total. The van der Waals surface area contributed by atoms with Crippen LogP contribution < -0.4 is 0 Å². The maximum absolute atomic E-state index is 11.9. The molecule has 0 bridgehead atoms. The maximum atomic E-state index is 11.9. The van der Waals surface area contributed by atoms with Crippen molar-refractivity contribution in [3.05, 3.63) is 24.5 Å². The van der Waals surface area contributed by atoms with E-state index in [4.69, 9.17) is 0 Å². The normalized spacial score (nSPS) is 18.6. The van der Waals surface area contributed by atoms with E-state index in [0.29, 0.717) is 0 Å². The molecule has 0 amide bonds. The molecule has 0 saturated heterocycles. The van der Waals surface area contributed by atoms with Crippen LogP contribution in [-0.4, -0.2) is 25.7 Å². The number of rotatable bonds is 2. The van der Waals surface area contributed by atoms with Gasteiger partial charge in [-0.3, -0.25) is 0 Å². The number of hydrogen-bond acceptors (Lipinski definition) is 5. The SMILES string of the molecule is O=S(=O)(ON1CC=CC=CO1)C(F)(F)F. The van der Waals surface area contributed by atoms with Crippen molar-refractivity contribution in [2.45, 2.75) is 5.51 Å². The molecule has 0 unspecified atom stereocenters. The third-order valence-corrected chi connectivity index (χ3v) is 2.15. The summed E-state index contributed by atoms with van der Waals surface area (Å²) in [7, 11) is -5.68.